The Kier molecular flexibility index (Phi) is 4.35. The molecule has 0 heterocycles. The Balaban J connectivity index is 2.55. The van der Waals surface area contributed by atoms with Gasteiger partial charge in [-0.1, -0.05) is 20.8 Å². The molecule has 0 bridgehead atoms. The third kappa shape index (κ3) is 3.52. The fourth-order valence-electron chi connectivity index (χ4n) is 2.21. The Bertz CT molecular complexity index is 283. The molecular formula is C13H22N2O. The predicted molar refractivity (Wildman–Crippen MR) is 63.6 cm³/mol. The van der Waals surface area contributed by atoms with Gasteiger partial charge in [0.15, 0.2) is 0 Å². The van der Waals surface area contributed by atoms with Gasteiger partial charge in [-0.15, -0.1) is 0 Å². The molecule has 0 aromatic carbocycles. The lowest BCUT2D eigenvalue weighted by atomic mass is 9.78. The Hall–Kier alpha value is -1.04. The van der Waals surface area contributed by atoms with Crippen LogP contribution < -0.4 is 5.32 Å². The standard InChI is InChI=1S/C13H22N2O/c1-10(2)8-12(16)15-13(9-14)6-4-11(3)5-7-13/h10-11H,4-8H2,1-3H3,(H,15,16). The smallest absolute Gasteiger partial charge is 0.221 e. The maximum Gasteiger partial charge on any atom is 0.221 e. The number of nitriles is 1. The van der Waals surface area contributed by atoms with Gasteiger partial charge in [0, 0.05) is 6.42 Å². The van der Waals surface area contributed by atoms with E-state index in [0.717, 1.165) is 25.7 Å². The molecule has 1 N–H and O–H groups in total. The monoisotopic (exact) mass is 222 g/mol. The van der Waals surface area contributed by atoms with Crippen LogP contribution in [-0.4, -0.2) is 11.4 Å². The van der Waals surface area contributed by atoms with Gasteiger partial charge in [0.05, 0.1) is 6.07 Å². The van der Waals surface area contributed by atoms with E-state index in [-0.39, 0.29) is 5.91 Å². The van der Waals surface area contributed by atoms with E-state index in [0.29, 0.717) is 18.3 Å². The summed E-state index contributed by atoms with van der Waals surface area (Å²) in [6, 6.07) is 2.31. The van der Waals surface area contributed by atoms with Crippen molar-refractivity contribution in [2.45, 2.75) is 58.4 Å². The van der Waals surface area contributed by atoms with Crippen molar-refractivity contribution in [1.82, 2.24) is 5.32 Å². The molecule has 1 saturated carbocycles. The third-order valence-corrected chi connectivity index (χ3v) is 3.31. The number of nitrogens with one attached hydrogen (secondary N) is 1. The van der Waals surface area contributed by atoms with Crippen molar-refractivity contribution in [1.29, 1.82) is 5.26 Å². The molecule has 0 aliphatic heterocycles. The van der Waals surface area contributed by atoms with Crippen LogP contribution in [0.2, 0.25) is 0 Å². The maximum atomic E-state index is 11.7. The van der Waals surface area contributed by atoms with Gasteiger partial charge in [0.2, 0.25) is 5.91 Å². The molecule has 16 heavy (non-hydrogen) atoms. The van der Waals surface area contributed by atoms with Crippen LogP contribution in [-0.2, 0) is 4.79 Å². The van der Waals surface area contributed by atoms with Crippen LogP contribution in [0.15, 0.2) is 0 Å². The summed E-state index contributed by atoms with van der Waals surface area (Å²) in [4.78, 5) is 11.7. The van der Waals surface area contributed by atoms with E-state index in [1.165, 1.54) is 0 Å². The number of nitrogens with zero attached hydrogens (tertiary/aromatic N) is 1. The number of amides is 1. The zero-order valence-electron chi connectivity index (χ0n) is 10.5. The SMILES string of the molecule is CC(C)CC(=O)NC1(C#N)CCC(C)CC1. The van der Waals surface area contributed by atoms with Crippen LogP contribution >= 0.6 is 0 Å². The number of carbonyl (C=O) groups excluding carboxylic acids is 1. The lowest BCUT2D eigenvalue weighted by Gasteiger charge is -2.34. The van der Waals surface area contributed by atoms with Crippen molar-refractivity contribution in [3.63, 3.8) is 0 Å². The van der Waals surface area contributed by atoms with Crippen LogP contribution in [0.4, 0.5) is 0 Å². The van der Waals surface area contributed by atoms with Crippen molar-refractivity contribution in [3.05, 3.63) is 0 Å². The number of hydrogen-bond acceptors (Lipinski definition) is 2. The molecule has 1 fully saturated rings. The van der Waals surface area contributed by atoms with Gasteiger partial charge >= 0.3 is 0 Å². The second-order valence-corrected chi connectivity index (χ2v) is 5.52. The molecule has 0 radical (unpaired) electrons. The maximum absolute atomic E-state index is 11.7. The highest BCUT2D eigenvalue weighted by atomic mass is 16.1. The fraction of sp³-hybridized carbons (Fsp3) is 0.846. The largest absolute Gasteiger partial charge is 0.338 e. The van der Waals surface area contributed by atoms with Gasteiger partial charge in [-0.3, -0.25) is 4.79 Å². The molecule has 0 aromatic rings. The summed E-state index contributed by atoms with van der Waals surface area (Å²) in [5, 5.41) is 12.2. The van der Waals surface area contributed by atoms with Gasteiger partial charge in [0.1, 0.15) is 5.54 Å². The summed E-state index contributed by atoms with van der Waals surface area (Å²) < 4.78 is 0. The van der Waals surface area contributed by atoms with Crippen LogP contribution in [0.3, 0.4) is 0 Å². The minimum absolute atomic E-state index is 0.0195. The third-order valence-electron chi connectivity index (χ3n) is 3.31. The van der Waals surface area contributed by atoms with E-state index in [9.17, 15) is 10.1 Å². The Morgan fingerprint density at radius 2 is 2.06 bits per heavy atom. The minimum Gasteiger partial charge on any atom is -0.338 e. The first-order chi connectivity index (χ1) is 7.47. The summed E-state index contributed by atoms with van der Waals surface area (Å²) in [5.41, 5.74) is -0.585. The zero-order valence-corrected chi connectivity index (χ0v) is 10.5. The fourth-order valence-corrected chi connectivity index (χ4v) is 2.21. The molecule has 0 atom stereocenters. The highest BCUT2D eigenvalue weighted by Crippen LogP contribution is 2.31. The van der Waals surface area contributed by atoms with Crippen molar-refractivity contribution in [2.75, 3.05) is 0 Å². The molecule has 0 unspecified atom stereocenters. The van der Waals surface area contributed by atoms with Gasteiger partial charge in [-0.05, 0) is 37.5 Å². The summed E-state index contributed by atoms with van der Waals surface area (Å²) in [5.74, 6) is 1.05. The summed E-state index contributed by atoms with van der Waals surface area (Å²) in [6.07, 6.45) is 4.19. The van der Waals surface area contributed by atoms with E-state index in [1.54, 1.807) is 0 Å². The molecule has 0 spiro atoms. The molecule has 0 aromatic heterocycles. The first-order valence-electron chi connectivity index (χ1n) is 6.20. The average molecular weight is 222 g/mol. The quantitative estimate of drug-likeness (QED) is 0.798. The molecule has 3 heteroatoms. The summed E-state index contributed by atoms with van der Waals surface area (Å²) in [7, 11) is 0. The van der Waals surface area contributed by atoms with Gasteiger partial charge in [0.25, 0.3) is 0 Å². The van der Waals surface area contributed by atoms with Crippen molar-refractivity contribution >= 4 is 5.91 Å². The van der Waals surface area contributed by atoms with Crippen LogP contribution in [0.5, 0.6) is 0 Å². The Morgan fingerprint density at radius 3 is 2.50 bits per heavy atom. The van der Waals surface area contributed by atoms with Gasteiger partial charge in [-0.2, -0.15) is 5.26 Å². The van der Waals surface area contributed by atoms with Crippen LogP contribution in [0, 0.1) is 23.2 Å². The second-order valence-electron chi connectivity index (χ2n) is 5.52. The summed E-state index contributed by atoms with van der Waals surface area (Å²) >= 11 is 0. The van der Waals surface area contributed by atoms with Gasteiger partial charge in [-0.25, -0.2) is 0 Å². The van der Waals surface area contributed by atoms with E-state index >= 15 is 0 Å². The molecule has 1 aliphatic carbocycles. The Morgan fingerprint density at radius 1 is 1.50 bits per heavy atom. The highest BCUT2D eigenvalue weighted by molar-refractivity contribution is 5.77. The summed E-state index contributed by atoms with van der Waals surface area (Å²) in [6.45, 7) is 6.24. The van der Waals surface area contributed by atoms with Crippen molar-refractivity contribution < 1.29 is 4.79 Å². The first kappa shape index (κ1) is 13.0. The minimum atomic E-state index is -0.585. The molecule has 1 amide bonds. The zero-order chi connectivity index (χ0) is 12.2. The topological polar surface area (TPSA) is 52.9 Å². The van der Waals surface area contributed by atoms with Gasteiger partial charge < -0.3 is 5.32 Å². The normalized spacial score (nSPS) is 29.8. The number of hydrogen-bond donors (Lipinski definition) is 1. The number of carbonyl (C=O) groups is 1. The lowest BCUT2D eigenvalue weighted by Crippen LogP contribution is -2.49. The van der Waals surface area contributed by atoms with Crippen molar-refractivity contribution in [2.24, 2.45) is 11.8 Å². The van der Waals surface area contributed by atoms with E-state index in [2.05, 4.69) is 18.3 Å². The van der Waals surface area contributed by atoms with Crippen LogP contribution in [0.1, 0.15) is 52.9 Å². The second kappa shape index (κ2) is 5.34. The predicted octanol–water partition coefficient (Wildman–Crippen LogP) is 2.62. The highest BCUT2D eigenvalue weighted by Gasteiger charge is 2.35. The lowest BCUT2D eigenvalue weighted by molar-refractivity contribution is -0.123. The van der Waals surface area contributed by atoms with E-state index in [1.807, 2.05) is 13.8 Å². The molecular weight excluding hydrogens is 200 g/mol. The molecule has 0 saturated heterocycles. The molecule has 3 nitrogen and oxygen atoms in total. The van der Waals surface area contributed by atoms with Crippen LogP contribution in [0.25, 0.3) is 0 Å². The van der Waals surface area contributed by atoms with E-state index in [4.69, 9.17) is 0 Å². The molecule has 1 rings (SSSR count). The van der Waals surface area contributed by atoms with E-state index < -0.39 is 5.54 Å². The van der Waals surface area contributed by atoms with Crippen molar-refractivity contribution in [3.8, 4) is 6.07 Å². The Labute approximate surface area is 98.2 Å². The average Bonchev–Trinajstić information content (AvgIpc) is 2.21. The molecule has 90 valence electrons. The first-order valence-corrected chi connectivity index (χ1v) is 6.20. The molecule has 1 aliphatic rings. The number of rotatable bonds is 3.